The Morgan fingerprint density at radius 1 is 1.53 bits per heavy atom. The number of aryl methyl sites for hydroxylation is 2. The fourth-order valence-electron chi connectivity index (χ4n) is 1.34. The van der Waals surface area contributed by atoms with E-state index in [-0.39, 0.29) is 5.91 Å². The topological polar surface area (TPSA) is 55.1 Å². The number of amides is 1. The highest BCUT2D eigenvalue weighted by Gasteiger charge is 2.18. The first-order valence-corrected chi connectivity index (χ1v) is 5.29. The minimum absolute atomic E-state index is 0.0840. The molecule has 0 unspecified atom stereocenters. The van der Waals surface area contributed by atoms with Gasteiger partial charge in [0.1, 0.15) is 11.3 Å². The number of hydrogen-bond donors (Lipinski definition) is 1. The lowest BCUT2D eigenvalue weighted by atomic mass is 10.1. The predicted octanol–water partition coefficient (Wildman–Crippen LogP) is 1.93. The second-order valence-corrected chi connectivity index (χ2v) is 4.02. The SMILES string of the molecule is CCc1noc(C)c1C(=O)NCC(C)C. The highest BCUT2D eigenvalue weighted by molar-refractivity contribution is 5.96. The molecule has 4 nitrogen and oxygen atoms in total. The fourth-order valence-corrected chi connectivity index (χ4v) is 1.34. The van der Waals surface area contributed by atoms with E-state index in [1.165, 1.54) is 0 Å². The van der Waals surface area contributed by atoms with Gasteiger partial charge in [-0.2, -0.15) is 0 Å². The molecule has 0 spiro atoms. The summed E-state index contributed by atoms with van der Waals surface area (Å²) in [5.74, 6) is 0.951. The summed E-state index contributed by atoms with van der Waals surface area (Å²) in [4.78, 5) is 11.8. The summed E-state index contributed by atoms with van der Waals surface area (Å²) >= 11 is 0. The molecule has 1 heterocycles. The van der Waals surface area contributed by atoms with Gasteiger partial charge >= 0.3 is 0 Å². The molecule has 0 saturated heterocycles. The van der Waals surface area contributed by atoms with Crippen molar-refractivity contribution >= 4 is 5.91 Å². The van der Waals surface area contributed by atoms with Crippen LogP contribution in [0.15, 0.2) is 4.52 Å². The fraction of sp³-hybridized carbons (Fsp3) is 0.636. The van der Waals surface area contributed by atoms with Gasteiger partial charge in [-0.1, -0.05) is 25.9 Å². The molecular weight excluding hydrogens is 192 g/mol. The summed E-state index contributed by atoms with van der Waals surface area (Å²) in [5, 5.41) is 6.71. The van der Waals surface area contributed by atoms with Crippen LogP contribution in [0.2, 0.25) is 0 Å². The molecule has 84 valence electrons. The lowest BCUT2D eigenvalue weighted by Crippen LogP contribution is -2.28. The van der Waals surface area contributed by atoms with E-state index in [4.69, 9.17) is 4.52 Å². The maximum absolute atomic E-state index is 11.8. The van der Waals surface area contributed by atoms with Crippen molar-refractivity contribution in [3.63, 3.8) is 0 Å². The van der Waals surface area contributed by atoms with Crippen molar-refractivity contribution in [2.45, 2.75) is 34.1 Å². The zero-order chi connectivity index (χ0) is 11.4. The monoisotopic (exact) mass is 210 g/mol. The number of nitrogens with zero attached hydrogens (tertiary/aromatic N) is 1. The third-order valence-electron chi connectivity index (χ3n) is 2.17. The summed E-state index contributed by atoms with van der Waals surface area (Å²) in [6.45, 7) is 8.50. The number of nitrogens with one attached hydrogen (secondary N) is 1. The predicted molar refractivity (Wildman–Crippen MR) is 57.8 cm³/mol. The van der Waals surface area contributed by atoms with Crippen LogP contribution in [0.5, 0.6) is 0 Å². The first-order valence-electron chi connectivity index (χ1n) is 5.29. The van der Waals surface area contributed by atoms with E-state index in [1.807, 2.05) is 6.92 Å². The van der Waals surface area contributed by atoms with Crippen molar-refractivity contribution in [1.82, 2.24) is 10.5 Å². The van der Waals surface area contributed by atoms with E-state index in [2.05, 4.69) is 24.3 Å². The van der Waals surface area contributed by atoms with Gasteiger partial charge in [0, 0.05) is 6.54 Å². The summed E-state index contributed by atoms with van der Waals surface area (Å²) < 4.78 is 5.00. The van der Waals surface area contributed by atoms with Crippen LogP contribution in [0, 0.1) is 12.8 Å². The first kappa shape index (κ1) is 11.8. The molecule has 0 aliphatic heterocycles. The number of carbonyl (C=O) groups is 1. The summed E-state index contributed by atoms with van der Waals surface area (Å²) in [7, 11) is 0. The van der Waals surface area contributed by atoms with E-state index < -0.39 is 0 Å². The van der Waals surface area contributed by atoms with E-state index in [0.717, 1.165) is 5.69 Å². The van der Waals surface area contributed by atoms with Crippen molar-refractivity contribution in [1.29, 1.82) is 0 Å². The van der Waals surface area contributed by atoms with Crippen molar-refractivity contribution in [2.24, 2.45) is 5.92 Å². The summed E-state index contributed by atoms with van der Waals surface area (Å²) in [5.41, 5.74) is 1.33. The van der Waals surface area contributed by atoms with Gasteiger partial charge in [0.05, 0.1) is 5.69 Å². The van der Waals surface area contributed by atoms with Gasteiger partial charge in [0.15, 0.2) is 0 Å². The van der Waals surface area contributed by atoms with Crippen LogP contribution in [-0.2, 0) is 6.42 Å². The minimum Gasteiger partial charge on any atom is -0.361 e. The van der Waals surface area contributed by atoms with E-state index >= 15 is 0 Å². The van der Waals surface area contributed by atoms with Crippen molar-refractivity contribution in [2.75, 3.05) is 6.54 Å². The molecule has 0 atom stereocenters. The van der Waals surface area contributed by atoms with Crippen molar-refractivity contribution < 1.29 is 9.32 Å². The number of aromatic nitrogens is 1. The zero-order valence-corrected chi connectivity index (χ0v) is 9.76. The van der Waals surface area contributed by atoms with Gasteiger partial charge in [-0.15, -0.1) is 0 Å². The van der Waals surface area contributed by atoms with Crippen LogP contribution in [-0.4, -0.2) is 17.6 Å². The average Bonchev–Trinajstić information content (AvgIpc) is 2.56. The van der Waals surface area contributed by atoms with E-state index in [1.54, 1.807) is 6.92 Å². The minimum atomic E-state index is -0.0840. The third kappa shape index (κ3) is 2.81. The second kappa shape index (κ2) is 4.96. The molecule has 4 heteroatoms. The number of carbonyl (C=O) groups excluding carboxylic acids is 1. The molecule has 1 aromatic heterocycles. The number of hydrogen-bond acceptors (Lipinski definition) is 3. The van der Waals surface area contributed by atoms with Gasteiger partial charge in [-0.3, -0.25) is 4.79 Å². The van der Waals surface area contributed by atoms with Gasteiger partial charge in [0.25, 0.3) is 5.91 Å². The Bertz CT molecular complexity index is 342. The summed E-state index contributed by atoms with van der Waals surface area (Å²) in [6, 6.07) is 0. The van der Waals surface area contributed by atoms with Crippen LogP contribution in [0.3, 0.4) is 0 Å². The van der Waals surface area contributed by atoms with Crippen molar-refractivity contribution in [3.8, 4) is 0 Å². The van der Waals surface area contributed by atoms with Crippen LogP contribution >= 0.6 is 0 Å². The Kier molecular flexibility index (Phi) is 3.88. The van der Waals surface area contributed by atoms with Gasteiger partial charge < -0.3 is 9.84 Å². The highest BCUT2D eigenvalue weighted by Crippen LogP contribution is 2.13. The van der Waals surface area contributed by atoms with Gasteiger partial charge in [0.2, 0.25) is 0 Å². The van der Waals surface area contributed by atoms with E-state index in [9.17, 15) is 4.79 Å². The Hall–Kier alpha value is -1.32. The van der Waals surface area contributed by atoms with Crippen molar-refractivity contribution in [3.05, 3.63) is 17.0 Å². The van der Waals surface area contributed by atoms with Gasteiger partial charge in [-0.25, -0.2) is 0 Å². The molecule has 1 aromatic rings. The molecule has 0 aliphatic carbocycles. The molecule has 1 amide bonds. The average molecular weight is 210 g/mol. The largest absolute Gasteiger partial charge is 0.361 e. The quantitative estimate of drug-likeness (QED) is 0.826. The maximum atomic E-state index is 11.8. The van der Waals surface area contributed by atoms with Crippen LogP contribution in [0.25, 0.3) is 0 Å². The Morgan fingerprint density at radius 3 is 2.73 bits per heavy atom. The molecule has 0 radical (unpaired) electrons. The lowest BCUT2D eigenvalue weighted by Gasteiger charge is -2.07. The van der Waals surface area contributed by atoms with E-state index in [0.29, 0.717) is 30.2 Å². The highest BCUT2D eigenvalue weighted by atomic mass is 16.5. The number of rotatable bonds is 4. The molecule has 1 N–H and O–H groups in total. The van der Waals surface area contributed by atoms with Gasteiger partial charge in [-0.05, 0) is 19.3 Å². The standard InChI is InChI=1S/C11H18N2O2/c1-5-9-10(8(4)15-13-9)11(14)12-6-7(2)3/h7H,5-6H2,1-4H3,(H,12,14). The zero-order valence-electron chi connectivity index (χ0n) is 9.76. The lowest BCUT2D eigenvalue weighted by molar-refractivity contribution is 0.0946. The first-order chi connectivity index (χ1) is 7.06. The molecule has 1 rings (SSSR count). The van der Waals surface area contributed by atoms with Crippen LogP contribution in [0.4, 0.5) is 0 Å². The third-order valence-corrected chi connectivity index (χ3v) is 2.17. The smallest absolute Gasteiger partial charge is 0.256 e. The molecule has 0 fully saturated rings. The molecule has 0 saturated carbocycles. The Balaban J connectivity index is 2.76. The molecular formula is C11H18N2O2. The maximum Gasteiger partial charge on any atom is 0.256 e. The Labute approximate surface area is 90.0 Å². The van der Waals surface area contributed by atoms with Crippen LogP contribution in [0.1, 0.15) is 42.6 Å². The normalized spacial score (nSPS) is 10.7. The molecule has 0 aliphatic rings. The molecule has 15 heavy (non-hydrogen) atoms. The second-order valence-electron chi connectivity index (χ2n) is 4.02. The van der Waals surface area contributed by atoms with Crippen LogP contribution < -0.4 is 5.32 Å². The Morgan fingerprint density at radius 2 is 2.20 bits per heavy atom. The summed E-state index contributed by atoms with van der Waals surface area (Å²) in [6.07, 6.45) is 0.710. The molecule has 0 bridgehead atoms. The molecule has 0 aromatic carbocycles.